The number of carboxylic acids is 3. The first kappa shape index (κ1) is 37.2. The van der Waals surface area contributed by atoms with Crippen molar-refractivity contribution in [1.82, 2.24) is 0 Å². The first-order chi connectivity index (χ1) is 26.8. The first-order valence-electron chi connectivity index (χ1n) is 17.6. The van der Waals surface area contributed by atoms with Crippen LogP contribution < -0.4 is 5.43 Å². The summed E-state index contributed by atoms with van der Waals surface area (Å²) in [6.07, 6.45) is -3.95. The summed E-state index contributed by atoms with van der Waals surface area (Å²) in [4.78, 5) is 55.8. The number of phenols is 3. The highest BCUT2D eigenvalue weighted by Crippen LogP contribution is 2.36. The molecule has 3 heterocycles. The van der Waals surface area contributed by atoms with Gasteiger partial charge in [-0.25, -0.2) is 19.2 Å². The topological polar surface area (TPSA) is 231 Å². The molecule has 3 aliphatic heterocycles. The predicted molar refractivity (Wildman–Crippen MR) is 197 cm³/mol. The maximum atomic E-state index is 12.9. The van der Waals surface area contributed by atoms with Crippen molar-refractivity contribution in [2.24, 2.45) is 22.9 Å². The van der Waals surface area contributed by atoms with Crippen molar-refractivity contribution in [2.75, 3.05) is 12.0 Å². The van der Waals surface area contributed by atoms with Gasteiger partial charge in [-0.3, -0.25) is 4.84 Å². The number of aliphatic carboxylic acids is 3. The van der Waals surface area contributed by atoms with Gasteiger partial charge in [0.1, 0.15) is 39.6 Å². The Morgan fingerprint density at radius 2 is 1.18 bits per heavy atom. The predicted octanol–water partition coefficient (Wildman–Crippen LogP) is 3.79. The van der Waals surface area contributed by atoms with Gasteiger partial charge in [-0.1, -0.05) is 24.2 Å². The van der Waals surface area contributed by atoms with Crippen LogP contribution in [-0.2, 0) is 28.9 Å². The lowest BCUT2D eigenvalue weighted by Gasteiger charge is -2.17. The highest BCUT2D eigenvalue weighted by Gasteiger charge is 2.56. The lowest BCUT2D eigenvalue weighted by Crippen LogP contribution is -2.39. The third kappa shape index (κ3) is 7.11. The normalized spacial score (nSPS) is 23.5. The molecule has 4 aromatic rings. The van der Waals surface area contributed by atoms with Gasteiger partial charge < -0.3 is 35.5 Å². The van der Waals surface area contributed by atoms with Crippen molar-refractivity contribution in [3.63, 3.8) is 0 Å². The Labute approximate surface area is 319 Å². The van der Waals surface area contributed by atoms with E-state index in [1.54, 1.807) is 74.5 Å². The number of carboxylic acid groups (broad SMARTS) is 3. The quantitative estimate of drug-likeness (QED) is 0.102. The Bertz CT molecular complexity index is 2250. The van der Waals surface area contributed by atoms with Crippen molar-refractivity contribution in [2.45, 2.75) is 38.1 Å². The van der Waals surface area contributed by atoms with Crippen molar-refractivity contribution >= 4 is 40.7 Å². The molecule has 0 saturated carbocycles. The van der Waals surface area contributed by atoms with E-state index in [1.165, 1.54) is 46.0 Å². The number of oxime groups is 1. The van der Waals surface area contributed by atoms with Crippen LogP contribution in [0.2, 0.25) is 0 Å². The van der Waals surface area contributed by atoms with E-state index in [2.05, 4.69) is 10.6 Å². The molecule has 0 radical (unpaired) electrons. The van der Waals surface area contributed by atoms with Crippen molar-refractivity contribution < 1.29 is 69.1 Å². The van der Waals surface area contributed by atoms with Crippen LogP contribution in [-0.4, -0.2) is 100 Å². The molecule has 7 atom stereocenters. The summed E-state index contributed by atoms with van der Waals surface area (Å²) in [6, 6.07) is 25.3. The first-order valence-corrected chi connectivity index (χ1v) is 17.6. The smallest absolute Gasteiger partial charge is 0.353 e. The van der Waals surface area contributed by atoms with Crippen LogP contribution in [0.1, 0.15) is 42.0 Å². The van der Waals surface area contributed by atoms with E-state index in [-0.39, 0.29) is 23.8 Å². The maximum Gasteiger partial charge on any atom is 0.353 e. The highest BCUT2D eigenvalue weighted by atomic mass is 16.7. The highest BCUT2D eigenvalue weighted by molar-refractivity contribution is 6.08. The van der Waals surface area contributed by atoms with Gasteiger partial charge in [-0.2, -0.15) is 0 Å². The second kappa shape index (κ2) is 15.0. The minimum absolute atomic E-state index is 0.0131. The van der Waals surface area contributed by atoms with E-state index in [4.69, 9.17) is 14.5 Å². The van der Waals surface area contributed by atoms with Gasteiger partial charge in [0.2, 0.25) is 11.8 Å². The lowest BCUT2D eigenvalue weighted by atomic mass is 9.82. The van der Waals surface area contributed by atoms with E-state index in [1.807, 2.05) is 0 Å². The maximum absolute atomic E-state index is 12.9. The average molecular weight is 767 g/mol. The molecule has 16 heteroatoms. The number of phenolic OH excluding ortho intramolecular Hbond substituents is 3. The van der Waals surface area contributed by atoms with Crippen LogP contribution in [0.4, 0.5) is 5.69 Å². The van der Waals surface area contributed by atoms with Crippen molar-refractivity contribution in [1.29, 1.82) is 0 Å². The SMILES string of the molecule is CC(C[N+]1=C(c2ccc(O)cc2)C(C)C(C(=O)O)O1)C1C(c2ccc(O)cc2)=[N+](Nc2ccc(C3C(c4ccc(O)cc4)=NOC3C(=O)O)cc2)OC1C(=O)O. The number of nitrogens with zero attached hydrogens (tertiary/aromatic N) is 3. The third-order valence-corrected chi connectivity index (χ3v) is 10.1. The largest absolute Gasteiger partial charge is 0.508 e. The monoisotopic (exact) mass is 766 g/mol. The fraction of sp³-hybridized carbons (Fsp3) is 0.250. The third-order valence-electron chi connectivity index (χ3n) is 10.1. The van der Waals surface area contributed by atoms with Gasteiger partial charge in [0.05, 0.1) is 17.2 Å². The van der Waals surface area contributed by atoms with E-state index in [0.717, 1.165) is 0 Å². The lowest BCUT2D eigenvalue weighted by molar-refractivity contribution is -0.786. The second-order valence-electron chi connectivity index (χ2n) is 13.8. The van der Waals surface area contributed by atoms with E-state index < -0.39 is 59.9 Å². The van der Waals surface area contributed by atoms with Crippen LogP contribution in [0, 0.1) is 17.8 Å². The van der Waals surface area contributed by atoms with Gasteiger partial charge in [-0.15, -0.1) is 5.43 Å². The number of aromatic hydroxyl groups is 3. The number of hydrazine groups is 1. The minimum Gasteiger partial charge on any atom is -0.508 e. The van der Waals surface area contributed by atoms with E-state index >= 15 is 0 Å². The summed E-state index contributed by atoms with van der Waals surface area (Å²) >= 11 is 0. The summed E-state index contributed by atoms with van der Waals surface area (Å²) in [6.45, 7) is 3.57. The number of nitrogens with one attached hydrogen (secondary N) is 1. The number of benzene rings is 4. The summed E-state index contributed by atoms with van der Waals surface area (Å²) < 4.78 is 1.47. The second-order valence-corrected chi connectivity index (χ2v) is 13.8. The molecule has 0 bridgehead atoms. The fourth-order valence-electron chi connectivity index (χ4n) is 7.42. The van der Waals surface area contributed by atoms with Crippen molar-refractivity contribution in [3.05, 3.63) is 119 Å². The average Bonchev–Trinajstić information content (AvgIpc) is 3.87. The molecule has 4 aromatic carbocycles. The van der Waals surface area contributed by atoms with Crippen LogP contribution >= 0.6 is 0 Å². The van der Waals surface area contributed by atoms with E-state index in [9.17, 15) is 45.0 Å². The van der Waals surface area contributed by atoms with Crippen LogP contribution in [0.25, 0.3) is 0 Å². The Hall–Kier alpha value is -7.10. The molecule has 0 spiro atoms. The molecule has 3 aliphatic rings. The minimum atomic E-state index is -1.43. The summed E-state index contributed by atoms with van der Waals surface area (Å²) in [5.74, 6) is -6.40. The van der Waals surface area contributed by atoms with Crippen LogP contribution in [0.5, 0.6) is 17.2 Å². The number of hydrogen-bond acceptors (Lipinski definition) is 11. The Kier molecular flexibility index (Phi) is 9.95. The molecule has 0 saturated heterocycles. The molecule has 0 fully saturated rings. The molecule has 16 nitrogen and oxygen atoms in total. The van der Waals surface area contributed by atoms with Crippen LogP contribution in [0.15, 0.2) is 102 Å². The fourth-order valence-corrected chi connectivity index (χ4v) is 7.42. The number of hydroxylamine groups is 1. The number of rotatable bonds is 12. The Morgan fingerprint density at radius 3 is 1.70 bits per heavy atom. The van der Waals surface area contributed by atoms with Gasteiger partial charge in [0.25, 0.3) is 17.9 Å². The zero-order valence-electron chi connectivity index (χ0n) is 30.0. The van der Waals surface area contributed by atoms with Crippen molar-refractivity contribution in [3.8, 4) is 17.2 Å². The van der Waals surface area contributed by atoms with E-state index in [0.29, 0.717) is 45.1 Å². The zero-order valence-corrected chi connectivity index (χ0v) is 30.0. The molecule has 0 amide bonds. The molecular formula is C40H38N4O12+2. The standard InChI is InChI=1S/C40H36N4O12/c1-20(19-43-33(21(2)35(55-43)38(48)49)24-7-15-28(46)16-8-24)30-34(25-9-17-29(47)18-10-25)44(56-37(30)40(52)53)41-26-11-3-22(4-12-26)31-32(42-54-36(31)39(50)51)23-5-13-27(45)14-6-23/h3-18,20-21,30-31,35-37,41H,19H2,1-2H3,(H4,42,45,48,49,50,51,52,53)/p+2. The molecule has 0 aliphatic carbocycles. The molecule has 56 heavy (non-hydrogen) atoms. The number of anilines is 1. The summed E-state index contributed by atoms with van der Waals surface area (Å²) in [7, 11) is 0. The van der Waals surface area contributed by atoms with Gasteiger partial charge in [0.15, 0.2) is 6.54 Å². The zero-order chi connectivity index (χ0) is 39.8. The number of hydrogen-bond donors (Lipinski definition) is 7. The molecule has 7 unspecified atom stereocenters. The van der Waals surface area contributed by atoms with Crippen LogP contribution in [0.3, 0.4) is 0 Å². The number of hydrazone groups is 1. The Morgan fingerprint density at radius 1 is 0.679 bits per heavy atom. The molecule has 288 valence electrons. The van der Waals surface area contributed by atoms with Gasteiger partial charge >= 0.3 is 17.9 Å². The molecule has 7 N–H and O–H groups in total. The molecule has 0 aromatic heterocycles. The number of carbonyl (C=O) groups is 3. The molecular weight excluding hydrogens is 728 g/mol. The Balaban J connectivity index is 1.24. The van der Waals surface area contributed by atoms with Gasteiger partial charge in [0, 0.05) is 17.0 Å². The summed E-state index contributed by atoms with van der Waals surface area (Å²) in [5.41, 5.74) is 7.16. The molecule has 7 rings (SSSR count). The summed E-state index contributed by atoms with van der Waals surface area (Å²) in [5, 5.41) is 64.2. The van der Waals surface area contributed by atoms with Gasteiger partial charge in [-0.05, 0) is 102 Å².